The number of carbonyl (C=O) groups is 2. The number of amides is 1. The molecule has 104 valence electrons. The smallest absolute Gasteiger partial charge is 0.337 e. The van der Waals surface area contributed by atoms with Crippen molar-refractivity contribution in [2.24, 2.45) is 0 Å². The average molecular weight is 289 g/mol. The van der Waals surface area contributed by atoms with E-state index in [-0.39, 0.29) is 11.9 Å². The summed E-state index contributed by atoms with van der Waals surface area (Å²) in [4.78, 5) is 23.7. The molecule has 4 nitrogen and oxygen atoms in total. The molecule has 5 heteroatoms. The van der Waals surface area contributed by atoms with Crippen LogP contribution in [0.2, 0.25) is 0 Å². The van der Waals surface area contributed by atoms with Gasteiger partial charge in [0, 0.05) is 6.54 Å². The van der Waals surface area contributed by atoms with Gasteiger partial charge in [0.2, 0.25) is 0 Å². The molecule has 1 aromatic heterocycles. The Morgan fingerprint density at radius 2 is 1.95 bits per heavy atom. The molecule has 0 saturated carbocycles. The van der Waals surface area contributed by atoms with Gasteiger partial charge in [0.1, 0.15) is 0 Å². The number of ether oxygens (including phenoxy) is 1. The first-order valence-corrected chi connectivity index (χ1v) is 7.07. The quantitative estimate of drug-likeness (QED) is 0.860. The summed E-state index contributed by atoms with van der Waals surface area (Å²) in [6, 6.07) is 10.8. The van der Waals surface area contributed by atoms with Gasteiger partial charge >= 0.3 is 5.97 Å². The van der Waals surface area contributed by atoms with Crippen LogP contribution in [0.1, 0.15) is 25.6 Å². The lowest BCUT2D eigenvalue weighted by molar-refractivity contribution is 0.0600. The highest BCUT2D eigenvalue weighted by Gasteiger charge is 2.06. The number of nitrogens with one attached hydrogen (secondary N) is 1. The molecule has 0 radical (unpaired) electrons. The number of thiophene rings is 1. The van der Waals surface area contributed by atoms with Gasteiger partial charge in [-0.15, -0.1) is 11.3 Å². The fraction of sp³-hybridized carbons (Fsp3) is 0.200. The van der Waals surface area contributed by atoms with Crippen LogP contribution in [-0.2, 0) is 11.2 Å². The minimum absolute atomic E-state index is 0.0498. The summed E-state index contributed by atoms with van der Waals surface area (Å²) in [7, 11) is 1.36. The molecular formula is C15H15NO3S. The average Bonchev–Trinajstić information content (AvgIpc) is 3.01. The van der Waals surface area contributed by atoms with Gasteiger partial charge in [0.25, 0.3) is 5.91 Å². The second-order valence-corrected chi connectivity index (χ2v) is 5.12. The summed E-state index contributed by atoms with van der Waals surface area (Å²) >= 11 is 1.42. The van der Waals surface area contributed by atoms with Crippen LogP contribution in [0.3, 0.4) is 0 Å². The zero-order valence-corrected chi connectivity index (χ0v) is 11.9. The summed E-state index contributed by atoms with van der Waals surface area (Å²) in [6.07, 6.45) is 0.721. The van der Waals surface area contributed by atoms with E-state index >= 15 is 0 Å². The van der Waals surface area contributed by atoms with Crippen LogP contribution < -0.4 is 5.32 Å². The first kappa shape index (κ1) is 14.3. The van der Waals surface area contributed by atoms with Crippen LogP contribution >= 0.6 is 11.3 Å². The van der Waals surface area contributed by atoms with Crippen LogP contribution in [-0.4, -0.2) is 25.5 Å². The molecule has 1 N–H and O–H groups in total. The number of rotatable bonds is 5. The number of methoxy groups -OCH3 is 1. The predicted molar refractivity (Wildman–Crippen MR) is 78.1 cm³/mol. The zero-order chi connectivity index (χ0) is 14.4. The maximum Gasteiger partial charge on any atom is 0.337 e. The van der Waals surface area contributed by atoms with Crippen molar-refractivity contribution in [2.75, 3.05) is 13.7 Å². The van der Waals surface area contributed by atoms with Crippen LogP contribution in [0.15, 0.2) is 41.8 Å². The van der Waals surface area contributed by atoms with Crippen molar-refractivity contribution in [2.45, 2.75) is 6.42 Å². The van der Waals surface area contributed by atoms with E-state index in [0.717, 1.165) is 12.0 Å². The molecule has 1 amide bonds. The number of hydrogen-bond acceptors (Lipinski definition) is 4. The van der Waals surface area contributed by atoms with E-state index in [9.17, 15) is 9.59 Å². The lowest BCUT2D eigenvalue weighted by Gasteiger charge is -2.05. The maximum atomic E-state index is 11.7. The Morgan fingerprint density at radius 3 is 2.55 bits per heavy atom. The number of esters is 1. The highest BCUT2D eigenvalue weighted by atomic mass is 32.1. The molecule has 0 saturated heterocycles. The van der Waals surface area contributed by atoms with Gasteiger partial charge in [-0.2, -0.15) is 0 Å². The van der Waals surface area contributed by atoms with Crippen LogP contribution in [0.4, 0.5) is 0 Å². The van der Waals surface area contributed by atoms with E-state index in [1.165, 1.54) is 18.4 Å². The van der Waals surface area contributed by atoms with Crippen molar-refractivity contribution < 1.29 is 14.3 Å². The number of carbonyl (C=O) groups excluding carboxylic acids is 2. The van der Waals surface area contributed by atoms with Gasteiger partial charge in [-0.05, 0) is 35.6 Å². The van der Waals surface area contributed by atoms with Gasteiger partial charge in [-0.25, -0.2) is 4.79 Å². The molecule has 2 aromatic rings. The molecule has 0 unspecified atom stereocenters. The molecule has 0 bridgehead atoms. The normalized spacial score (nSPS) is 10.1. The maximum absolute atomic E-state index is 11.7. The van der Waals surface area contributed by atoms with E-state index in [1.807, 2.05) is 23.6 Å². The summed E-state index contributed by atoms with van der Waals surface area (Å²) in [5.41, 5.74) is 1.59. The molecular weight excluding hydrogens is 274 g/mol. The number of hydrogen-bond donors (Lipinski definition) is 1. The van der Waals surface area contributed by atoms with Crippen molar-refractivity contribution in [3.8, 4) is 0 Å². The van der Waals surface area contributed by atoms with Crippen molar-refractivity contribution in [1.29, 1.82) is 0 Å². The largest absolute Gasteiger partial charge is 0.465 e. The monoisotopic (exact) mass is 289 g/mol. The molecule has 0 aliphatic carbocycles. The van der Waals surface area contributed by atoms with E-state index < -0.39 is 0 Å². The third-order valence-electron chi connectivity index (χ3n) is 2.82. The standard InChI is InChI=1S/C15H15NO3S/c1-19-15(18)12-6-4-11(5-7-12)8-9-16-14(17)13-3-2-10-20-13/h2-7,10H,8-9H2,1H3,(H,16,17). The van der Waals surface area contributed by atoms with E-state index in [0.29, 0.717) is 17.0 Å². The van der Waals surface area contributed by atoms with Gasteiger partial charge in [0.15, 0.2) is 0 Å². The minimum Gasteiger partial charge on any atom is -0.465 e. The van der Waals surface area contributed by atoms with Crippen molar-refractivity contribution in [3.63, 3.8) is 0 Å². The molecule has 1 aromatic carbocycles. The van der Waals surface area contributed by atoms with Gasteiger partial charge < -0.3 is 10.1 Å². The lowest BCUT2D eigenvalue weighted by Crippen LogP contribution is -2.24. The van der Waals surface area contributed by atoms with E-state index in [1.54, 1.807) is 18.2 Å². The lowest BCUT2D eigenvalue weighted by atomic mass is 10.1. The first-order valence-electron chi connectivity index (χ1n) is 6.19. The summed E-state index contributed by atoms with van der Waals surface area (Å²) in [5.74, 6) is -0.395. The SMILES string of the molecule is COC(=O)c1ccc(CCNC(=O)c2cccs2)cc1. The molecule has 0 aliphatic rings. The Bertz CT molecular complexity index is 576. The van der Waals surface area contributed by atoms with Crippen LogP contribution in [0.5, 0.6) is 0 Å². The van der Waals surface area contributed by atoms with E-state index in [4.69, 9.17) is 0 Å². The Balaban J connectivity index is 1.82. The van der Waals surface area contributed by atoms with Gasteiger partial charge in [-0.3, -0.25) is 4.79 Å². The van der Waals surface area contributed by atoms with Crippen LogP contribution in [0, 0.1) is 0 Å². The fourth-order valence-corrected chi connectivity index (χ4v) is 2.38. The molecule has 2 rings (SSSR count). The van der Waals surface area contributed by atoms with E-state index in [2.05, 4.69) is 10.1 Å². The summed E-state index contributed by atoms with van der Waals surface area (Å²) in [5, 5.41) is 4.74. The Morgan fingerprint density at radius 1 is 1.20 bits per heavy atom. The summed E-state index contributed by atoms with van der Waals surface area (Å²) < 4.78 is 4.64. The van der Waals surface area contributed by atoms with Crippen molar-refractivity contribution in [3.05, 3.63) is 57.8 Å². The highest BCUT2D eigenvalue weighted by Crippen LogP contribution is 2.08. The predicted octanol–water partition coefficient (Wildman–Crippen LogP) is 2.51. The number of benzene rings is 1. The zero-order valence-electron chi connectivity index (χ0n) is 11.1. The minimum atomic E-state index is -0.345. The van der Waals surface area contributed by atoms with Crippen LogP contribution in [0.25, 0.3) is 0 Å². The highest BCUT2D eigenvalue weighted by molar-refractivity contribution is 7.12. The molecule has 20 heavy (non-hydrogen) atoms. The van der Waals surface area contributed by atoms with Crippen molar-refractivity contribution in [1.82, 2.24) is 5.32 Å². The molecule has 0 aliphatic heterocycles. The second kappa shape index (κ2) is 6.86. The summed E-state index contributed by atoms with van der Waals surface area (Å²) in [6.45, 7) is 0.564. The molecule has 0 spiro atoms. The molecule has 1 heterocycles. The second-order valence-electron chi connectivity index (χ2n) is 4.17. The Hall–Kier alpha value is -2.14. The third-order valence-corrected chi connectivity index (χ3v) is 3.69. The van der Waals surface area contributed by atoms with Gasteiger partial charge in [0.05, 0.1) is 17.6 Å². The first-order chi connectivity index (χ1) is 9.70. The third kappa shape index (κ3) is 3.68. The Kier molecular flexibility index (Phi) is 4.90. The fourth-order valence-electron chi connectivity index (χ4n) is 1.74. The molecule has 0 atom stereocenters. The van der Waals surface area contributed by atoms with Gasteiger partial charge in [-0.1, -0.05) is 18.2 Å². The molecule has 0 fully saturated rings. The Labute approximate surface area is 121 Å². The van der Waals surface area contributed by atoms with Crippen molar-refractivity contribution >= 4 is 23.2 Å². The topological polar surface area (TPSA) is 55.4 Å².